The molecule has 1 amide bonds. The predicted octanol–water partition coefficient (Wildman–Crippen LogP) is 2.35. The molecular formula is C17H18N2O4. The van der Waals surface area contributed by atoms with Crippen LogP contribution >= 0.6 is 0 Å². The second kappa shape index (κ2) is 7.84. The van der Waals surface area contributed by atoms with Crippen LogP contribution in [0.4, 0.5) is 11.4 Å². The number of nitrogens with one attached hydrogen (secondary N) is 1. The number of anilines is 2. The molecule has 0 aliphatic heterocycles. The Morgan fingerprint density at radius 2 is 1.87 bits per heavy atom. The third-order valence-corrected chi connectivity index (χ3v) is 3.06. The van der Waals surface area contributed by atoms with Gasteiger partial charge in [0.15, 0.2) is 0 Å². The highest BCUT2D eigenvalue weighted by atomic mass is 16.5. The van der Waals surface area contributed by atoms with E-state index in [0.717, 1.165) is 5.56 Å². The van der Waals surface area contributed by atoms with Gasteiger partial charge in [-0.2, -0.15) is 0 Å². The zero-order chi connectivity index (χ0) is 16.7. The van der Waals surface area contributed by atoms with E-state index < -0.39 is 11.9 Å². The van der Waals surface area contributed by atoms with Crippen molar-refractivity contribution in [1.29, 1.82) is 0 Å². The molecule has 120 valence electrons. The monoisotopic (exact) mass is 314 g/mol. The molecule has 0 spiro atoms. The fraction of sp³-hybridized carbons (Fsp3) is 0.176. The fourth-order valence-electron chi connectivity index (χ4n) is 1.91. The molecule has 6 nitrogen and oxygen atoms in total. The van der Waals surface area contributed by atoms with Gasteiger partial charge in [-0.05, 0) is 17.7 Å². The largest absolute Gasteiger partial charge is 0.495 e. The van der Waals surface area contributed by atoms with Gasteiger partial charge < -0.3 is 20.5 Å². The van der Waals surface area contributed by atoms with Gasteiger partial charge in [0.2, 0.25) is 5.91 Å². The molecule has 0 radical (unpaired) electrons. The van der Waals surface area contributed by atoms with Crippen LogP contribution in [0.5, 0.6) is 5.75 Å². The summed E-state index contributed by atoms with van der Waals surface area (Å²) in [5.41, 5.74) is 7.52. The highest BCUT2D eigenvalue weighted by Crippen LogP contribution is 2.24. The van der Waals surface area contributed by atoms with Crippen molar-refractivity contribution in [3.05, 3.63) is 54.1 Å². The van der Waals surface area contributed by atoms with E-state index in [1.807, 2.05) is 30.3 Å². The molecule has 3 N–H and O–H groups in total. The lowest BCUT2D eigenvalue weighted by Crippen LogP contribution is -2.18. The number of amides is 1. The number of methoxy groups -OCH3 is 1. The van der Waals surface area contributed by atoms with Gasteiger partial charge in [-0.1, -0.05) is 30.3 Å². The molecule has 0 aliphatic rings. The number of hydrogen-bond acceptors (Lipinski definition) is 5. The second-order valence-corrected chi connectivity index (χ2v) is 4.83. The quantitative estimate of drug-likeness (QED) is 0.485. The first kappa shape index (κ1) is 16.4. The minimum absolute atomic E-state index is 0.142. The minimum atomic E-state index is -0.589. The Hall–Kier alpha value is -3.02. The van der Waals surface area contributed by atoms with E-state index in [-0.39, 0.29) is 13.0 Å². The molecule has 2 aromatic rings. The molecule has 0 bridgehead atoms. The van der Waals surface area contributed by atoms with E-state index in [4.69, 9.17) is 15.2 Å². The first-order valence-corrected chi connectivity index (χ1v) is 7.01. The minimum Gasteiger partial charge on any atom is -0.495 e. The van der Waals surface area contributed by atoms with Gasteiger partial charge in [-0.15, -0.1) is 0 Å². The smallest absolute Gasteiger partial charge is 0.315 e. The summed E-state index contributed by atoms with van der Waals surface area (Å²) in [6, 6.07) is 14.1. The molecule has 2 aromatic carbocycles. The van der Waals surface area contributed by atoms with Gasteiger partial charge in [0.1, 0.15) is 18.8 Å². The van der Waals surface area contributed by atoms with E-state index in [9.17, 15) is 9.59 Å². The molecule has 0 saturated carbocycles. The van der Waals surface area contributed by atoms with Gasteiger partial charge in [0.05, 0.1) is 12.8 Å². The Morgan fingerprint density at radius 1 is 1.13 bits per heavy atom. The molecular weight excluding hydrogens is 296 g/mol. The van der Waals surface area contributed by atoms with Gasteiger partial charge in [-0.3, -0.25) is 9.59 Å². The maximum Gasteiger partial charge on any atom is 0.315 e. The second-order valence-electron chi connectivity index (χ2n) is 4.83. The lowest BCUT2D eigenvalue weighted by molar-refractivity contribution is -0.146. The fourth-order valence-corrected chi connectivity index (χ4v) is 1.91. The van der Waals surface area contributed by atoms with Crippen LogP contribution in [-0.2, 0) is 20.9 Å². The highest BCUT2D eigenvalue weighted by molar-refractivity contribution is 6.02. The summed E-state index contributed by atoms with van der Waals surface area (Å²) in [5.74, 6) is -0.599. The Bertz CT molecular complexity index is 686. The summed E-state index contributed by atoms with van der Waals surface area (Å²) in [7, 11) is 1.48. The summed E-state index contributed by atoms with van der Waals surface area (Å²) in [4.78, 5) is 23.5. The average molecular weight is 314 g/mol. The van der Waals surface area contributed by atoms with Crippen molar-refractivity contribution >= 4 is 23.3 Å². The lowest BCUT2D eigenvalue weighted by atomic mass is 10.2. The molecule has 0 aromatic heterocycles. The van der Waals surface area contributed by atoms with Crippen molar-refractivity contribution in [3.8, 4) is 5.75 Å². The van der Waals surface area contributed by atoms with Crippen molar-refractivity contribution in [3.63, 3.8) is 0 Å². The number of hydrogen-bond donors (Lipinski definition) is 2. The van der Waals surface area contributed by atoms with Crippen molar-refractivity contribution in [2.45, 2.75) is 13.0 Å². The number of benzene rings is 2. The zero-order valence-electron chi connectivity index (χ0n) is 12.7. The molecule has 2 rings (SSSR count). The number of carbonyl (C=O) groups excluding carboxylic acids is 2. The topological polar surface area (TPSA) is 90.6 Å². The number of esters is 1. The number of nitrogen functional groups attached to an aromatic ring is 1. The van der Waals surface area contributed by atoms with Crippen molar-refractivity contribution in [1.82, 2.24) is 0 Å². The molecule has 23 heavy (non-hydrogen) atoms. The maximum absolute atomic E-state index is 11.8. The van der Waals surface area contributed by atoms with Crippen LogP contribution in [0.1, 0.15) is 12.0 Å². The average Bonchev–Trinajstić information content (AvgIpc) is 2.55. The molecule has 0 aliphatic carbocycles. The van der Waals surface area contributed by atoms with Crippen LogP contribution in [0.2, 0.25) is 0 Å². The number of carbonyl (C=O) groups is 2. The van der Waals surface area contributed by atoms with Crippen molar-refractivity contribution < 1.29 is 19.1 Å². The third-order valence-electron chi connectivity index (χ3n) is 3.06. The number of ether oxygens (including phenoxy) is 2. The van der Waals surface area contributed by atoms with Crippen molar-refractivity contribution in [2.24, 2.45) is 0 Å². The lowest BCUT2D eigenvalue weighted by Gasteiger charge is -2.09. The zero-order valence-corrected chi connectivity index (χ0v) is 12.7. The Kier molecular flexibility index (Phi) is 5.57. The molecule has 6 heteroatoms. The number of nitrogens with two attached hydrogens (primary N) is 1. The van der Waals surface area contributed by atoms with Gasteiger partial charge in [0, 0.05) is 11.8 Å². The number of rotatable bonds is 6. The standard InChI is InChI=1S/C17H18N2O4/c1-22-15-9-13(7-8-14(15)18)19-16(20)10-17(21)23-11-12-5-3-2-4-6-12/h2-9H,10-11,18H2,1H3,(H,19,20). The highest BCUT2D eigenvalue weighted by Gasteiger charge is 2.12. The van der Waals surface area contributed by atoms with E-state index in [1.165, 1.54) is 7.11 Å². The SMILES string of the molecule is COc1cc(NC(=O)CC(=O)OCc2ccccc2)ccc1N. The van der Waals surface area contributed by atoms with Gasteiger partial charge >= 0.3 is 5.97 Å². The summed E-state index contributed by atoms with van der Waals surface area (Å²) in [6.07, 6.45) is -0.362. The van der Waals surface area contributed by atoms with Crippen LogP contribution in [-0.4, -0.2) is 19.0 Å². The Labute approximate surface area is 134 Å². The predicted molar refractivity (Wildman–Crippen MR) is 86.9 cm³/mol. The van der Waals surface area contributed by atoms with Gasteiger partial charge in [0.25, 0.3) is 0 Å². The first-order valence-electron chi connectivity index (χ1n) is 7.01. The molecule has 0 unspecified atom stereocenters. The van der Waals surface area contributed by atoms with Crippen LogP contribution in [0.15, 0.2) is 48.5 Å². The van der Waals surface area contributed by atoms with Crippen LogP contribution in [0.3, 0.4) is 0 Å². The van der Waals surface area contributed by atoms with E-state index in [0.29, 0.717) is 17.1 Å². The Morgan fingerprint density at radius 3 is 2.57 bits per heavy atom. The van der Waals surface area contributed by atoms with E-state index >= 15 is 0 Å². The van der Waals surface area contributed by atoms with Crippen LogP contribution in [0, 0.1) is 0 Å². The maximum atomic E-state index is 11.8. The molecule has 0 atom stereocenters. The van der Waals surface area contributed by atoms with Crippen LogP contribution < -0.4 is 15.8 Å². The molecule has 0 saturated heterocycles. The van der Waals surface area contributed by atoms with Crippen LogP contribution in [0.25, 0.3) is 0 Å². The molecule has 0 heterocycles. The van der Waals surface area contributed by atoms with E-state index in [2.05, 4.69) is 5.32 Å². The first-order chi connectivity index (χ1) is 11.1. The summed E-state index contributed by atoms with van der Waals surface area (Å²) in [5, 5.41) is 2.60. The molecule has 0 fully saturated rings. The van der Waals surface area contributed by atoms with Gasteiger partial charge in [-0.25, -0.2) is 0 Å². The Balaban J connectivity index is 1.83. The summed E-state index contributed by atoms with van der Waals surface area (Å²) >= 11 is 0. The van der Waals surface area contributed by atoms with Crippen molar-refractivity contribution in [2.75, 3.05) is 18.2 Å². The summed E-state index contributed by atoms with van der Waals surface area (Å²) < 4.78 is 10.1. The van der Waals surface area contributed by atoms with E-state index in [1.54, 1.807) is 18.2 Å². The third kappa shape index (κ3) is 5.03. The summed E-state index contributed by atoms with van der Waals surface area (Å²) in [6.45, 7) is 0.142. The normalized spacial score (nSPS) is 9.96.